The molecule has 1 saturated heterocycles. The number of aromatic amines is 2. The molecule has 5 rings (SSSR count). The molecule has 194 valence electrons. The number of aromatic nitrogens is 4. The molecule has 10 heteroatoms. The molecule has 1 fully saturated rings. The summed E-state index contributed by atoms with van der Waals surface area (Å²) < 4.78 is 35.7. The normalized spacial score (nSPS) is 15.2. The van der Waals surface area contributed by atoms with E-state index in [1.807, 2.05) is 61.5 Å². The van der Waals surface area contributed by atoms with Crippen molar-refractivity contribution in [1.82, 2.24) is 29.0 Å². The molecule has 1 aliphatic rings. The van der Waals surface area contributed by atoms with Gasteiger partial charge in [0.05, 0.1) is 30.5 Å². The number of hydrogen-bond donors (Lipinski definition) is 3. The third-order valence-corrected chi connectivity index (χ3v) is 8.53. The first-order chi connectivity index (χ1) is 17.9. The average molecular weight is 521 g/mol. The van der Waals surface area contributed by atoms with Crippen molar-refractivity contribution in [2.24, 2.45) is 0 Å². The molecule has 1 aliphatic heterocycles. The fourth-order valence-corrected chi connectivity index (χ4v) is 6.11. The van der Waals surface area contributed by atoms with Gasteiger partial charge in [0, 0.05) is 48.8 Å². The van der Waals surface area contributed by atoms with Crippen LogP contribution in [0.25, 0.3) is 22.6 Å². The van der Waals surface area contributed by atoms with E-state index >= 15 is 0 Å². The van der Waals surface area contributed by atoms with E-state index in [1.54, 1.807) is 17.7 Å². The Labute approximate surface area is 217 Å². The molecular weight excluding hydrogens is 488 g/mol. The van der Waals surface area contributed by atoms with Crippen molar-refractivity contribution in [2.75, 3.05) is 26.7 Å². The van der Waals surface area contributed by atoms with Gasteiger partial charge in [0.15, 0.2) is 0 Å². The molecule has 0 amide bonds. The Morgan fingerprint density at radius 2 is 1.78 bits per heavy atom. The largest absolute Gasteiger partial charge is 0.497 e. The number of imidazole rings is 2. The highest BCUT2D eigenvalue weighted by Crippen LogP contribution is 2.30. The Bertz CT molecular complexity index is 1420. The van der Waals surface area contributed by atoms with Crippen molar-refractivity contribution in [3.8, 4) is 28.4 Å². The Morgan fingerprint density at radius 1 is 1.05 bits per heavy atom. The van der Waals surface area contributed by atoms with Crippen LogP contribution in [-0.2, 0) is 16.6 Å². The molecule has 9 nitrogen and oxygen atoms in total. The van der Waals surface area contributed by atoms with Gasteiger partial charge < -0.3 is 14.7 Å². The molecule has 4 aromatic rings. The fourth-order valence-electron chi connectivity index (χ4n) is 4.88. The van der Waals surface area contributed by atoms with Crippen LogP contribution in [-0.4, -0.2) is 59.4 Å². The van der Waals surface area contributed by atoms with E-state index in [2.05, 4.69) is 19.7 Å². The number of piperidine rings is 1. The van der Waals surface area contributed by atoms with Gasteiger partial charge in [-0.1, -0.05) is 30.3 Å². The van der Waals surface area contributed by atoms with Crippen LogP contribution >= 0.6 is 0 Å². The van der Waals surface area contributed by atoms with Crippen LogP contribution in [0.4, 0.5) is 0 Å². The van der Waals surface area contributed by atoms with Crippen molar-refractivity contribution >= 4 is 10.2 Å². The zero-order valence-corrected chi connectivity index (χ0v) is 21.9. The van der Waals surface area contributed by atoms with Gasteiger partial charge in [-0.25, -0.2) is 14.7 Å². The van der Waals surface area contributed by atoms with Crippen molar-refractivity contribution in [3.63, 3.8) is 0 Å². The van der Waals surface area contributed by atoms with Crippen molar-refractivity contribution in [3.05, 3.63) is 78.0 Å². The molecule has 3 N–H and O–H groups in total. The summed E-state index contributed by atoms with van der Waals surface area (Å²) in [6.07, 6.45) is 3.69. The van der Waals surface area contributed by atoms with E-state index in [-0.39, 0.29) is 6.54 Å². The first-order valence-corrected chi connectivity index (χ1v) is 13.9. The topological polar surface area (TPSA) is 116 Å². The van der Waals surface area contributed by atoms with E-state index < -0.39 is 10.2 Å². The smallest absolute Gasteiger partial charge is 0.279 e. The lowest BCUT2D eigenvalue weighted by molar-refractivity contribution is 0.313. The number of hydrogen-bond acceptors (Lipinski definition) is 5. The second kappa shape index (κ2) is 10.9. The van der Waals surface area contributed by atoms with E-state index in [0.29, 0.717) is 25.4 Å². The Balaban J connectivity index is 1.27. The molecule has 2 aromatic carbocycles. The predicted molar refractivity (Wildman–Crippen MR) is 144 cm³/mol. The first-order valence-electron chi connectivity index (χ1n) is 12.5. The van der Waals surface area contributed by atoms with E-state index in [1.165, 1.54) is 0 Å². The zero-order valence-electron chi connectivity index (χ0n) is 21.1. The van der Waals surface area contributed by atoms with Gasteiger partial charge in [-0.3, -0.25) is 0 Å². The maximum Gasteiger partial charge on any atom is 0.279 e. The summed E-state index contributed by atoms with van der Waals surface area (Å²) in [6.45, 7) is 3.20. The molecule has 0 atom stereocenters. The Morgan fingerprint density at radius 3 is 2.43 bits per heavy atom. The Kier molecular flexibility index (Phi) is 7.40. The molecule has 0 aliphatic carbocycles. The number of benzene rings is 2. The van der Waals surface area contributed by atoms with Gasteiger partial charge in [-0.15, -0.1) is 0 Å². The quantitative estimate of drug-likeness (QED) is 0.308. The van der Waals surface area contributed by atoms with Gasteiger partial charge in [0.25, 0.3) is 10.2 Å². The number of H-pyrrole nitrogens is 2. The highest BCUT2D eigenvalue weighted by atomic mass is 32.2. The number of aryl methyl sites for hydroxylation is 1. The fraction of sp³-hybridized carbons (Fsp3) is 0.333. The molecule has 0 unspecified atom stereocenters. The molecular formula is C27H32N6O3S. The summed E-state index contributed by atoms with van der Waals surface area (Å²) in [6, 6.07) is 17.6. The summed E-state index contributed by atoms with van der Waals surface area (Å²) in [4.78, 5) is 15.8. The lowest BCUT2D eigenvalue weighted by Crippen LogP contribution is -2.45. The number of nitrogens with zero attached hydrogens (tertiary/aromatic N) is 3. The second-order valence-corrected chi connectivity index (χ2v) is 11.0. The highest BCUT2D eigenvalue weighted by molar-refractivity contribution is 7.87. The lowest BCUT2D eigenvalue weighted by Gasteiger charge is -2.31. The summed E-state index contributed by atoms with van der Waals surface area (Å²) in [7, 11) is -1.95. The van der Waals surface area contributed by atoms with Crippen LogP contribution in [0.15, 0.2) is 60.9 Å². The predicted octanol–water partition coefficient (Wildman–Crippen LogP) is 4.04. The molecule has 37 heavy (non-hydrogen) atoms. The third-order valence-electron chi connectivity index (χ3n) is 6.92. The molecule has 3 heterocycles. The maximum absolute atomic E-state index is 13.0. The van der Waals surface area contributed by atoms with Crippen LogP contribution in [0.3, 0.4) is 0 Å². The SMILES string of the molecule is COc1ccc(-c2[nH]c(-c3ccccc3)nc2CCNS(=O)(=O)N2CCC(c3[nH]cnc3C)CC2)cc1. The summed E-state index contributed by atoms with van der Waals surface area (Å²) in [5.41, 5.74) is 5.71. The van der Waals surface area contributed by atoms with Crippen molar-refractivity contribution < 1.29 is 13.2 Å². The van der Waals surface area contributed by atoms with Gasteiger partial charge in [-0.2, -0.15) is 12.7 Å². The minimum Gasteiger partial charge on any atom is -0.497 e. The number of rotatable bonds is 9. The van der Waals surface area contributed by atoms with Crippen molar-refractivity contribution in [2.45, 2.75) is 32.1 Å². The first kappa shape index (κ1) is 25.2. The minimum atomic E-state index is -3.58. The molecule has 0 spiro atoms. The number of nitrogens with one attached hydrogen (secondary N) is 3. The summed E-state index contributed by atoms with van der Waals surface area (Å²) in [5.74, 6) is 1.83. The second-order valence-electron chi connectivity index (χ2n) is 9.23. The van der Waals surface area contributed by atoms with E-state index in [9.17, 15) is 8.42 Å². The molecule has 0 bridgehead atoms. The average Bonchev–Trinajstić information content (AvgIpc) is 3.55. The van der Waals surface area contributed by atoms with Gasteiger partial charge in [0.1, 0.15) is 11.6 Å². The van der Waals surface area contributed by atoms with Crippen LogP contribution in [0, 0.1) is 6.92 Å². The highest BCUT2D eigenvalue weighted by Gasteiger charge is 2.29. The van der Waals surface area contributed by atoms with E-state index in [4.69, 9.17) is 9.72 Å². The lowest BCUT2D eigenvalue weighted by atomic mass is 9.94. The maximum atomic E-state index is 13.0. The molecule has 0 radical (unpaired) electrons. The van der Waals surface area contributed by atoms with Gasteiger partial charge in [-0.05, 0) is 44.0 Å². The van der Waals surface area contributed by atoms with Gasteiger partial charge >= 0.3 is 0 Å². The van der Waals surface area contributed by atoms with E-state index in [0.717, 1.165) is 58.3 Å². The van der Waals surface area contributed by atoms with Crippen LogP contribution < -0.4 is 9.46 Å². The van der Waals surface area contributed by atoms with Crippen LogP contribution in [0.5, 0.6) is 5.75 Å². The number of ether oxygens (including phenoxy) is 1. The summed E-state index contributed by atoms with van der Waals surface area (Å²) >= 11 is 0. The van der Waals surface area contributed by atoms with Crippen LogP contribution in [0.2, 0.25) is 0 Å². The molecule has 2 aromatic heterocycles. The van der Waals surface area contributed by atoms with Crippen LogP contribution in [0.1, 0.15) is 35.8 Å². The Hall–Kier alpha value is -3.47. The molecule has 0 saturated carbocycles. The van der Waals surface area contributed by atoms with Gasteiger partial charge in [0.2, 0.25) is 0 Å². The zero-order chi connectivity index (χ0) is 25.8. The minimum absolute atomic E-state index is 0.254. The summed E-state index contributed by atoms with van der Waals surface area (Å²) in [5, 5.41) is 0. The third kappa shape index (κ3) is 5.61. The standard InChI is InChI=1S/C27H32N6O3S/c1-19-25(29-18-28-19)21-13-16-33(17-14-21)37(34,35)30-15-12-24-26(20-8-10-23(36-2)11-9-20)32-27(31-24)22-6-4-3-5-7-22/h3-11,18,21,30H,12-17H2,1-2H3,(H,28,29)(H,31,32). The van der Waals surface area contributed by atoms with Crippen molar-refractivity contribution in [1.29, 1.82) is 0 Å². The number of methoxy groups -OCH3 is 1. The monoisotopic (exact) mass is 520 g/mol.